The number of morpholine rings is 1. The summed E-state index contributed by atoms with van der Waals surface area (Å²) in [6.07, 6.45) is 1.44. The Balaban J connectivity index is 1.43. The van der Waals surface area contributed by atoms with E-state index in [1.165, 1.54) is 16.1 Å². The van der Waals surface area contributed by atoms with Crippen molar-refractivity contribution >= 4 is 21.5 Å². The van der Waals surface area contributed by atoms with E-state index >= 15 is 0 Å². The minimum Gasteiger partial charge on any atom is -0.378 e. The molecule has 2 fully saturated rings. The van der Waals surface area contributed by atoms with Crippen LogP contribution in [0.3, 0.4) is 0 Å². The van der Waals surface area contributed by atoms with Crippen LogP contribution in [0.1, 0.15) is 12.5 Å². The minimum absolute atomic E-state index is 0.186. The first-order valence-electron chi connectivity index (χ1n) is 10.8. The predicted molar refractivity (Wildman–Crippen MR) is 122 cm³/mol. The molecule has 4 rings (SSSR count). The second kappa shape index (κ2) is 9.52. The Morgan fingerprint density at radius 2 is 1.87 bits per heavy atom. The van der Waals surface area contributed by atoms with E-state index in [9.17, 15) is 8.42 Å². The van der Waals surface area contributed by atoms with Crippen LogP contribution in [0.25, 0.3) is 0 Å². The van der Waals surface area contributed by atoms with E-state index in [2.05, 4.69) is 27.0 Å². The zero-order valence-electron chi connectivity index (χ0n) is 18.2. The number of hydrogen-bond donors (Lipinski definition) is 1. The van der Waals surface area contributed by atoms with Gasteiger partial charge in [0.25, 0.3) is 10.0 Å². The maximum atomic E-state index is 13.1. The maximum absolute atomic E-state index is 13.1. The van der Waals surface area contributed by atoms with E-state index in [-0.39, 0.29) is 4.90 Å². The molecule has 0 bridgehead atoms. The van der Waals surface area contributed by atoms with Gasteiger partial charge in [0, 0.05) is 58.6 Å². The van der Waals surface area contributed by atoms with Crippen LogP contribution in [0.2, 0.25) is 0 Å². The summed E-state index contributed by atoms with van der Waals surface area (Å²) in [4.78, 5) is 9.08. The highest BCUT2D eigenvalue weighted by Crippen LogP contribution is 2.24. The van der Waals surface area contributed by atoms with Crippen LogP contribution >= 0.6 is 0 Å². The van der Waals surface area contributed by atoms with Gasteiger partial charge < -0.3 is 15.0 Å². The third-order valence-electron chi connectivity index (χ3n) is 5.87. The molecule has 2 aromatic rings. The summed E-state index contributed by atoms with van der Waals surface area (Å²) in [5.74, 6) is 0.775. The lowest BCUT2D eigenvalue weighted by Gasteiger charge is -2.31. The van der Waals surface area contributed by atoms with Crippen molar-refractivity contribution in [2.45, 2.75) is 24.4 Å². The van der Waals surface area contributed by atoms with Crippen LogP contribution in [0, 0.1) is 0 Å². The van der Waals surface area contributed by atoms with Gasteiger partial charge in [-0.2, -0.15) is 0 Å². The molecule has 8 nitrogen and oxygen atoms in total. The molecule has 0 amide bonds. The van der Waals surface area contributed by atoms with Gasteiger partial charge in [-0.05, 0) is 36.8 Å². The van der Waals surface area contributed by atoms with Crippen LogP contribution in [0.5, 0.6) is 0 Å². The number of aromatic nitrogens is 1. The lowest BCUT2D eigenvalue weighted by atomic mass is 10.1. The first-order chi connectivity index (χ1) is 14.9. The first kappa shape index (κ1) is 22.0. The van der Waals surface area contributed by atoms with Gasteiger partial charge in [0.05, 0.1) is 18.9 Å². The van der Waals surface area contributed by atoms with Crippen LogP contribution in [-0.4, -0.2) is 77.3 Å². The van der Waals surface area contributed by atoms with Crippen LogP contribution in [-0.2, 0) is 21.3 Å². The standard InChI is InChI=1S/C22H31N5O3S/c1-18-16-26(10-9-23-18)17-19-3-5-20(6-4-19)25(2)31(28,29)21-7-8-22(24-15-21)27-11-13-30-14-12-27/h3-8,15,18,23H,9-14,16-17H2,1-2H3. The highest BCUT2D eigenvalue weighted by molar-refractivity contribution is 7.92. The second-order valence-electron chi connectivity index (χ2n) is 8.18. The van der Waals surface area contributed by atoms with Crippen molar-refractivity contribution in [3.05, 3.63) is 48.2 Å². The predicted octanol–water partition coefficient (Wildman–Crippen LogP) is 1.54. The summed E-state index contributed by atoms with van der Waals surface area (Å²) < 4.78 is 32.9. The molecule has 2 saturated heterocycles. The SMILES string of the molecule is CC1CN(Cc2ccc(N(C)S(=O)(=O)c3ccc(N4CCOCC4)nc3)cc2)CCN1. The lowest BCUT2D eigenvalue weighted by molar-refractivity contribution is 0.122. The molecular formula is C22H31N5O3S. The van der Waals surface area contributed by atoms with Gasteiger partial charge >= 0.3 is 0 Å². The highest BCUT2D eigenvalue weighted by Gasteiger charge is 2.23. The Morgan fingerprint density at radius 3 is 2.52 bits per heavy atom. The molecule has 2 aliphatic rings. The van der Waals surface area contributed by atoms with Gasteiger partial charge in [0.15, 0.2) is 0 Å². The number of rotatable bonds is 6. The minimum atomic E-state index is -3.68. The van der Waals surface area contributed by atoms with E-state index in [1.54, 1.807) is 19.2 Å². The largest absolute Gasteiger partial charge is 0.378 e. The molecule has 31 heavy (non-hydrogen) atoms. The van der Waals surface area contributed by atoms with Gasteiger partial charge in [0.2, 0.25) is 0 Å². The molecule has 1 unspecified atom stereocenters. The van der Waals surface area contributed by atoms with Crippen molar-refractivity contribution in [1.82, 2.24) is 15.2 Å². The van der Waals surface area contributed by atoms with E-state index in [0.717, 1.165) is 45.1 Å². The Morgan fingerprint density at radius 1 is 1.13 bits per heavy atom. The van der Waals surface area contributed by atoms with Crippen molar-refractivity contribution in [1.29, 1.82) is 0 Å². The van der Waals surface area contributed by atoms with Gasteiger partial charge in [-0.1, -0.05) is 12.1 Å². The van der Waals surface area contributed by atoms with Crippen LogP contribution < -0.4 is 14.5 Å². The van der Waals surface area contributed by atoms with Crippen LogP contribution in [0.4, 0.5) is 11.5 Å². The molecule has 2 aliphatic heterocycles. The Bertz CT molecular complexity index is 960. The number of benzene rings is 1. The highest BCUT2D eigenvalue weighted by atomic mass is 32.2. The molecule has 3 heterocycles. The first-order valence-corrected chi connectivity index (χ1v) is 12.2. The molecule has 1 atom stereocenters. The normalized spacial score (nSPS) is 20.6. The van der Waals surface area contributed by atoms with Gasteiger partial charge in [0.1, 0.15) is 10.7 Å². The fraction of sp³-hybridized carbons (Fsp3) is 0.500. The van der Waals surface area contributed by atoms with E-state index in [4.69, 9.17) is 4.74 Å². The monoisotopic (exact) mass is 445 g/mol. The molecular weight excluding hydrogens is 414 g/mol. The fourth-order valence-corrected chi connectivity index (χ4v) is 5.17. The summed E-state index contributed by atoms with van der Waals surface area (Å²) in [6, 6.07) is 11.6. The van der Waals surface area contributed by atoms with Gasteiger partial charge in [-0.3, -0.25) is 9.21 Å². The summed E-state index contributed by atoms with van der Waals surface area (Å²) in [5, 5.41) is 3.45. The molecule has 0 radical (unpaired) electrons. The average molecular weight is 446 g/mol. The lowest BCUT2D eigenvalue weighted by Crippen LogP contribution is -2.48. The van der Waals surface area contributed by atoms with Crippen molar-refractivity contribution in [3.8, 4) is 0 Å². The number of piperazine rings is 1. The second-order valence-corrected chi connectivity index (χ2v) is 10.2. The molecule has 0 aliphatic carbocycles. The number of nitrogens with zero attached hydrogens (tertiary/aromatic N) is 4. The van der Waals surface area contributed by atoms with Crippen molar-refractivity contribution in [2.24, 2.45) is 0 Å². The number of nitrogens with one attached hydrogen (secondary N) is 1. The number of pyridine rings is 1. The topological polar surface area (TPSA) is 78.0 Å². The zero-order valence-corrected chi connectivity index (χ0v) is 19.0. The van der Waals surface area contributed by atoms with Gasteiger partial charge in [-0.15, -0.1) is 0 Å². The van der Waals surface area contributed by atoms with Crippen molar-refractivity contribution in [3.63, 3.8) is 0 Å². The van der Waals surface area contributed by atoms with Crippen LogP contribution in [0.15, 0.2) is 47.5 Å². The van der Waals surface area contributed by atoms with E-state index in [1.807, 2.05) is 24.3 Å². The molecule has 0 spiro atoms. The summed E-state index contributed by atoms with van der Waals surface area (Å²) in [5.41, 5.74) is 1.81. The summed E-state index contributed by atoms with van der Waals surface area (Å²) >= 11 is 0. The number of ether oxygens (including phenoxy) is 1. The Labute approximate surface area is 184 Å². The summed E-state index contributed by atoms with van der Waals surface area (Å²) in [7, 11) is -2.10. The molecule has 9 heteroatoms. The summed E-state index contributed by atoms with van der Waals surface area (Å²) in [6.45, 7) is 8.95. The molecule has 0 saturated carbocycles. The van der Waals surface area contributed by atoms with E-state index in [0.29, 0.717) is 24.9 Å². The quantitative estimate of drug-likeness (QED) is 0.723. The third kappa shape index (κ3) is 5.17. The van der Waals surface area contributed by atoms with E-state index < -0.39 is 10.0 Å². The van der Waals surface area contributed by atoms with Crippen molar-refractivity contribution < 1.29 is 13.2 Å². The fourth-order valence-electron chi connectivity index (χ4n) is 4.03. The Kier molecular flexibility index (Phi) is 6.76. The Hall–Kier alpha value is -2.20. The molecule has 1 aromatic heterocycles. The molecule has 1 aromatic carbocycles. The zero-order chi connectivity index (χ0) is 21.8. The molecule has 168 valence electrons. The smallest absolute Gasteiger partial charge is 0.265 e. The average Bonchev–Trinajstić information content (AvgIpc) is 2.80. The van der Waals surface area contributed by atoms with Gasteiger partial charge in [-0.25, -0.2) is 13.4 Å². The number of hydrogen-bond acceptors (Lipinski definition) is 7. The maximum Gasteiger partial charge on any atom is 0.265 e. The molecule has 1 N–H and O–H groups in total. The third-order valence-corrected chi connectivity index (χ3v) is 7.64. The number of sulfonamides is 1. The van der Waals surface area contributed by atoms with Crippen molar-refractivity contribution in [2.75, 3.05) is 62.2 Å². The number of anilines is 2.